The lowest BCUT2D eigenvalue weighted by Crippen LogP contribution is -2.18. The second kappa shape index (κ2) is 5.71. The van der Waals surface area contributed by atoms with Gasteiger partial charge in [-0.3, -0.25) is 9.89 Å². The van der Waals surface area contributed by atoms with Crippen LogP contribution < -0.4 is 5.73 Å². The number of nitrogens with two attached hydrogens (primary N) is 1. The largest absolute Gasteiger partial charge is 0.465 e. The number of nitrogen functional groups attached to an aromatic ring is 1. The number of carbonyl (C=O) groups is 1. The van der Waals surface area contributed by atoms with Crippen LogP contribution in [0.15, 0.2) is 24.3 Å². The van der Waals surface area contributed by atoms with Gasteiger partial charge in [0.25, 0.3) is 0 Å². The van der Waals surface area contributed by atoms with Gasteiger partial charge in [0.1, 0.15) is 11.7 Å². The molecule has 1 unspecified atom stereocenters. The molecule has 0 aliphatic rings. The number of benzene rings is 1. The number of aromatic amines is 1. The molecule has 0 fully saturated rings. The summed E-state index contributed by atoms with van der Waals surface area (Å²) < 4.78 is 5.05. The van der Waals surface area contributed by atoms with Crippen LogP contribution >= 0.6 is 11.6 Å². The zero-order chi connectivity index (χ0) is 13.8. The number of nitrogens with zero attached hydrogens (tertiary/aromatic N) is 2. The number of ether oxygens (including phenoxy) is 1. The summed E-state index contributed by atoms with van der Waals surface area (Å²) in [7, 11) is 0. The zero-order valence-corrected chi connectivity index (χ0v) is 11.0. The van der Waals surface area contributed by atoms with Crippen LogP contribution in [0.4, 0.5) is 5.95 Å². The molecule has 100 valence electrons. The fourth-order valence-corrected chi connectivity index (χ4v) is 1.83. The summed E-state index contributed by atoms with van der Waals surface area (Å²) in [6.45, 7) is 2.03. The Balaban J connectivity index is 2.39. The third kappa shape index (κ3) is 3.03. The van der Waals surface area contributed by atoms with Crippen LogP contribution in [0.2, 0.25) is 5.02 Å². The van der Waals surface area contributed by atoms with Crippen molar-refractivity contribution in [3.8, 4) is 0 Å². The summed E-state index contributed by atoms with van der Waals surface area (Å²) in [6.07, 6.45) is 0. The highest BCUT2D eigenvalue weighted by Gasteiger charge is 2.27. The molecule has 0 aliphatic heterocycles. The van der Waals surface area contributed by atoms with E-state index in [1.165, 1.54) is 0 Å². The van der Waals surface area contributed by atoms with Crippen LogP contribution in [-0.2, 0) is 9.53 Å². The van der Waals surface area contributed by atoms with Crippen LogP contribution in [-0.4, -0.2) is 27.8 Å². The molecule has 0 radical (unpaired) electrons. The van der Waals surface area contributed by atoms with Crippen LogP contribution in [0.5, 0.6) is 0 Å². The van der Waals surface area contributed by atoms with Crippen molar-refractivity contribution in [3.63, 3.8) is 0 Å². The highest BCUT2D eigenvalue weighted by Crippen LogP contribution is 2.25. The van der Waals surface area contributed by atoms with Gasteiger partial charge in [0.2, 0.25) is 5.95 Å². The van der Waals surface area contributed by atoms with Gasteiger partial charge in [-0.1, -0.05) is 23.7 Å². The standard InChI is InChI=1S/C12H13ClN4O2/c1-2-19-11(18)9(10-15-12(14)17-16-10)7-3-5-8(13)6-4-7/h3-6,9H,2H2,1H3,(H3,14,15,16,17). The number of nitrogens with one attached hydrogen (secondary N) is 1. The van der Waals surface area contributed by atoms with Gasteiger partial charge in [0.05, 0.1) is 6.61 Å². The molecular weight excluding hydrogens is 268 g/mol. The van der Waals surface area contributed by atoms with Gasteiger partial charge in [0, 0.05) is 5.02 Å². The van der Waals surface area contributed by atoms with Crippen LogP contribution in [0.1, 0.15) is 24.2 Å². The quantitative estimate of drug-likeness (QED) is 0.832. The second-order valence-electron chi connectivity index (χ2n) is 3.82. The molecule has 0 saturated heterocycles. The maximum absolute atomic E-state index is 12.1. The minimum absolute atomic E-state index is 0.0817. The van der Waals surface area contributed by atoms with E-state index < -0.39 is 11.9 Å². The van der Waals surface area contributed by atoms with Crippen LogP contribution in [0, 0.1) is 0 Å². The van der Waals surface area contributed by atoms with E-state index in [2.05, 4.69) is 15.2 Å². The van der Waals surface area contributed by atoms with E-state index in [0.29, 0.717) is 16.4 Å². The minimum atomic E-state index is -0.693. The highest BCUT2D eigenvalue weighted by atomic mass is 35.5. The first-order valence-corrected chi connectivity index (χ1v) is 6.09. The fraction of sp³-hybridized carbons (Fsp3) is 0.250. The smallest absolute Gasteiger partial charge is 0.321 e. The second-order valence-corrected chi connectivity index (χ2v) is 4.25. The Hall–Kier alpha value is -2.08. The number of carbonyl (C=O) groups excluding carboxylic acids is 1. The molecule has 19 heavy (non-hydrogen) atoms. The van der Waals surface area contributed by atoms with Gasteiger partial charge >= 0.3 is 5.97 Å². The minimum Gasteiger partial charge on any atom is -0.465 e. The van der Waals surface area contributed by atoms with E-state index in [-0.39, 0.29) is 12.6 Å². The van der Waals surface area contributed by atoms with Crippen molar-refractivity contribution >= 4 is 23.5 Å². The summed E-state index contributed by atoms with van der Waals surface area (Å²) in [4.78, 5) is 16.0. The van der Waals surface area contributed by atoms with Crippen molar-refractivity contribution in [1.29, 1.82) is 0 Å². The van der Waals surface area contributed by atoms with E-state index >= 15 is 0 Å². The van der Waals surface area contributed by atoms with Crippen molar-refractivity contribution in [2.75, 3.05) is 12.3 Å². The van der Waals surface area contributed by atoms with Gasteiger partial charge in [-0.25, -0.2) is 0 Å². The Morgan fingerprint density at radius 1 is 1.47 bits per heavy atom. The maximum Gasteiger partial charge on any atom is 0.321 e. The first-order chi connectivity index (χ1) is 9.11. The number of halogens is 1. The van der Waals surface area contributed by atoms with E-state index in [9.17, 15) is 4.79 Å². The summed E-state index contributed by atoms with van der Waals surface area (Å²) in [6, 6.07) is 6.87. The van der Waals surface area contributed by atoms with Crippen molar-refractivity contribution < 1.29 is 9.53 Å². The van der Waals surface area contributed by atoms with Crippen LogP contribution in [0.25, 0.3) is 0 Å². The van der Waals surface area contributed by atoms with Crippen molar-refractivity contribution in [3.05, 3.63) is 40.7 Å². The predicted octanol–water partition coefficient (Wildman–Crippen LogP) is 1.74. The summed E-state index contributed by atoms with van der Waals surface area (Å²) in [5, 5.41) is 6.96. The molecule has 0 saturated carbocycles. The first-order valence-electron chi connectivity index (χ1n) is 5.71. The predicted molar refractivity (Wildman–Crippen MR) is 70.7 cm³/mol. The lowest BCUT2D eigenvalue weighted by atomic mass is 9.98. The molecule has 3 N–H and O–H groups in total. The molecule has 1 heterocycles. The molecular formula is C12H13ClN4O2. The molecule has 2 rings (SSSR count). The highest BCUT2D eigenvalue weighted by molar-refractivity contribution is 6.30. The third-order valence-corrected chi connectivity index (χ3v) is 2.77. The van der Waals surface area contributed by atoms with Crippen LogP contribution in [0.3, 0.4) is 0 Å². The molecule has 0 aliphatic carbocycles. The molecule has 0 amide bonds. The van der Waals surface area contributed by atoms with Crippen molar-refractivity contribution in [2.45, 2.75) is 12.8 Å². The number of aromatic nitrogens is 3. The Bertz CT molecular complexity index is 567. The average molecular weight is 281 g/mol. The van der Waals surface area contributed by atoms with Gasteiger partial charge in [-0.05, 0) is 24.6 Å². The van der Waals surface area contributed by atoms with Gasteiger partial charge in [-0.2, -0.15) is 4.98 Å². The molecule has 0 bridgehead atoms. The Morgan fingerprint density at radius 3 is 2.68 bits per heavy atom. The first kappa shape index (κ1) is 13.4. The van der Waals surface area contributed by atoms with Gasteiger partial charge in [-0.15, -0.1) is 5.10 Å². The summed E-state index contributed by atoms with van der Waals surface area (Å²) in [5.74, 6) is -0.681. The number of hydrogen-bond acceptors (Lipinski definition) is 5. The maximum atomic E-state index is 12.1. The molecule has 6 nitrogen and oxygen atoms in total. The Morgan fingerprint density at radius 2 is 2.16 bits per heavy atom. The zero-order valence-electron chi connectivity index (χ0n) is 10.3. The van der Waals surface area contributed by atoms with E-state index in [1.807, 2.05) is 0 Å². The Labute approximate surface area is 114 Å². The molecule has 1 aromatic carbocycles. The number of H-pyrrole nitrogens is 1. The molecule has 1 aromatic heterocycles. The number of rotatable bonds is 4. The van der Waals surface area contributed by atoms with Gasteiger partial charge in [0.15, 0.2) is 0 Å². The molecule has 1 atom stereocenters. The van der Waals surface area contributed by atoms with Gasteiger partial charge < -0.3 is 10.5 Å². The van der Waals surface area contributed by atoms with Crippen molar-refractivity contribution in [1.82, 2.24) is 15.2 Å². The normalized spacial score (nSPS) is 12.1. The van der Waals surface area contributed by atoms with Crippen molar-refractivity contribution in [2.24, 2.45) is 0 Å². The average Bonchev–Trinajstić information content (AvgIpc) is 2.79. The van der Waals surface area contributed by atoms with E-state index in [0.717, 1.165) is 0 Å². The monoisotopic (exact) mass is 280 g/mol. The number of anilines is 1. The lowest BCUT2D eigenvalue weighted by molar-refractivity contribution is -0.144. The Kier molecular flexibility index (Phi) is 4.01. The fourth-order valence-electron chi connectivity index (χ4n) is 1.70. The molecule has 2 aromatic rings. The lowest BCUT2D eigenvalue weighted by Gasteiger charge is -2.13. The topological polar surface area (TPSA) is 93.9 Å². The molecule has 7 heteroatoms. The number of hydrogen-bond donors (Lipinski definition) is 2. The summed E-state index contributed by atoms with van der Waals surface area (Å²) >= 11 is 5.84. The molecule has 0 spiro atoms. The SMILES string of the molecule is CCOC(=O)C(c1ccc(Cl)cc1)c1nc(N)n[nH]1. The van der Waals surface area contributed by atoms with E-state index in [4.69, 9.17) is 22.1 Å². The van der Waals surface area contributed by atoms with E-state index in [1.54, 1.807) is 31.2 Å². The number of esters is 1. The third-order valence-electron chi connectivity index (χ3n) is 2.52. The summed E-state index contributed by atoms with van der Waals surface area (Å²) in [5.41, 5.74) is 6.17.